The van der Waals surface area contributed by atoms with Gasteiger partial charge in [-0.15, -0.1) is 0 Å². The number of carboxylic acids is 1. The third kappa shape index (κ3) is 5.48. The van der Waals surface area contributed by atoms with Gasteiger partial charge < -0.3 is 20.5 Å². The maximum absolute atomic E-state index is 12.2. The number of hydrogen-bond acceptors (Lipinski definition) is 6. The Kier molecular flexibility index (Phi) is 7.64. The molecule has 3 rings (SSSR count). The van der Waals surface area contributed by atoms with Crippen LogP contribution in [0.25, 0.3) is 11.1 Å². The summed E-state index contributed by atoms with van der Waals surface area (Å²) in [5, 5.41) is 14.4. The Balaban J connectivity index is 1.54. The quantitative estimate of drug-likeness (QED) is 0.308. The van der Waals surface area contributed by atoms with E-state index < -0.39 is 18.1 Å². The first-order valence-corrected chi connectivity index (χ1v) is 11.8. The summed E-state index contributed by atoms with van der Waals surface area (Å²) >= 11 is 0. The number of rotatable bonds is 9. The molecule has 0 aliphatic heterocycles. The highest BCUT2D eigenvalue weighted by molar-refractivity contribution is 8.76. The number of benzene rings is 2. The molecule has 0 aromatic heterocycles. The molecular formula is C21H22N2O5S2. The van der Waals surface area contributed by atoms with Crippen LogP contribution >= 0.6 is 21.6 Å². The number of fused-ring (bicyclic) bond motifs is 3. The number of hydrogen-bond donors (Lipinski definition) is 3. The lowest BCUT2D eigenvalue weighted by Crippen LogP contribution is -2.43. The first kappa shape index (κ1) is 22.0. The largest absolute Gasteiger partial charge is 0.480 e. The maximum atomic E-state index is 12.2. The molecule has 1 atom stereocenters. The molecule has 2 amide bonds. The minimum atomic E-state index is -1.14. The fraction of sp³-hybridized carbons (Fsp3) is 0.286. The second kappa shape index (κ2) is 10.4. The highest BCUT2D eigenvalue weighted by Gasteiger charge is 2.29. The predicted octanol–water partition coefficient (Wildman–Crippen LogP) is 3.45. The lowest BCUT2D eigenvalue weighted by Gasteiger charge is -2.17. The third-order valence-electron chi connectivity index (χ3n) is 4.63. The van der Waals surface area contributed by atoms with Crippen LogP contribution in [-0.4, -0.2) is 47.4 Å². The molecule has 2 aromatic rings. The molecule has 2 aromatic carbocycles. The number of aliphatic carboxylic acids is 1. The van der Waals surface area contributed by atoms with Gasteiger partial charge in [0.05, 0.1) is 5.88 Å². The molecule has 0 radical (unpaired) electrons. The summed E-state index contributed by atoms with van der Waals surface area (Å²) in [5.74, 6) is -0.888. The van der Waals surface area contributed by atoms with Crippen LogP contribution < -0.4 is 10.6 Å². The Morgan fingerprint density at radius 2 is 1.63 bits per heavy atom. The maximum Gasteiger partial charge on any atom is 0.407 e. The zero-order valence-electron chi connectivity index (χ0n) is 16.3. The van der Waals surface area contributed by atoms with E-state index >= 15 is 0 Å². The van der Waals surface area contributed by atoms with Gasteiger partial charge in [-0.1, -0.05) is 70.1 Å². The molecule has 0 fully saturated rings. The van der Waals surface area contributed by atoms with Gasteiger partial charge in [0, 0.05) is 18.6 Å². The summed E-state index contributed by atoms with van der Waals surface area (Å²) < 4.78 is 5.39. The van der Waals surface area contributed by atoms with Crippen molar-refractivity contribution in [3.8, 4) is 11.1 Å². The molecule has 0 saturated heterocycles. The van der Waals surface area contributed by atoms with Gasteiger partial charge in [-0.3, -0.25) is 4.79 Å². The lowest BCUT2D eigenvalue weighted by molar-refractivity contribution is -0.138. The Labute approximate surface area is 182 Å². The molecular weight excluding hydrogens is 424 g/mol. The van der Waals surface area contributed by atoms with E-state index in [0.29, 0.717) is 5.88 Å². The van der Waals surface area contributed by atoms with Gasteiger partial charge in [0.2, 0.25) is 5.91 Å². The molecule has 3 N–H and O–H groups in total. The van der Waals surface area contributed by atoms with E-state index in [-0.39, 0.29) is 24.2 Å². The minimum absolute atomic E-state index is 0.0889. The SMILES string of the molecule is CC(=O)NCSSC[C@H](NC(=O)OCC1c2ccccc2-c2ccccc21)C(=O)O. The standard InChI is InChI=1S/C21H22N2O5S2/c1-13(24)22-12-30-29-11-19(20(25)26)23-21(27)28-10-18-16-8-4-2-6-14(16)15-7-3-5-9-17(15)18/h2-9,18-19H,10-12H2,1H3,(H,22,24)(H,23,27)(H,25,26)/t19-/m0/s1. The Hall–Kier alpha value is -2.65. The summed E-state index contributed by atoms with van der Waals surface area (Å²) in [6.07, 6.45) is -0.767. The summed E-state index contributed by atoms with van der Waals surface area (Å²) in [5.41, 5.74) is 4.42. The minimum Gasteiger partial charge on any atom is -0.480 e. The number of ether oxygens (including phenoxy) is 1. The number of carbonyl (C=O) groups excluding carboxylic acids is 2. The van der Waals surface area contributed by atoms with Crippen molar-refractivity contribution in [2.24, 2.45) is 0 Å². The van der Waals surface area contributed by atoms with Crippen molar-refractivity contribution in [3.05, 3.63) is 59.7 Å². The number of amides is 2. The highest BCUT2D eigenvalue weighted by Crippen LogP contribution is 2.44. The van der Waals surface area contributed by atoms with Gasteiger partial charge >= 0.3 is 12.1 Å². The van der Waals surface area contributed by atoms with Crippen molar-refractivity contribution in [2.45, 2.75) is 18.9 Å². The van der Waals surface area contributed by atoms with E-state index in [4.69, 9.17) is 4.74 Å². The second-order valence-corrected chi connectivity index (χ2v) is 9.15. The molecule has 1 aliphatic rings. The van der Waals surface area contributed by atoms with E-state index in [9.17, 15) is 19.5 Å². The van der Waals surface area contributed by atoms with Crippen molar-refractivity contribution < 1.29 is 24.2 Å². The zero-order valence-corrected chi connectivity index (χ0v) is 17.9. The summed E-state index contributed by atoms with van der Waals surface area (Å²) in [6, 6.07) is 14.9. The Morgan fingerprint density at radius 3 is 2.20 bits per heavy atom. The van der Waals surface area contributed by atoms with Gasteiger partial charge in [0.15, 0.2) is 0 Å². The summed E-state index contributed by atoms with van der Waals surface area (Å²) in [4.78, 5) is 34.5. The lowest BCUT2D eigenvalue weighted by atomic mass is 9.98. The number of carbonyl (C=O) groups is 3. The first-order chi connectivity index (χ1) is 14.5. The molecule has 7 nitrogen and oxygen atoms in total. The van der Waals surface area contributed by atoms with E-state index in [1.807, 2.05) is 48.5 Å². The van der Waals surface area contributed by atoms with Gasteiger partial charge in [0.25, 0.3) is 0 Å². The topological polar surface area (TPSA) is 105 Å². The molecule has 158 valence electrons. The molecule has 0 heterocycles. The highest BCUT2D eigenvalue weighted by atomic mass is 33.1. The predicted molar refractivity (Wildman–Crippen MR) is 118 cm³/mol. The number of carboxylic acid groups (broad SMARTS) is 1. The molecule has 1 aliphatic carbocycles. The second-order valence-electron chi connectivity index (χ2n) is 6.64. The zero-order chi connectivity index (χ0) is 21.5. The molecule has 0 saturated carbocycles. The van der Waals surface area contributed by atoms with E-state index in [0.717, 1.165) is 22.3 Å². The van der Waals surface area contributed by atoms with E-state index in [2.05, 4.69) is 10.6 Å². The third-order valence-corrected chi connectivity index (χ3v) is 6.79. The van der Waals surface area contributed by atoms with Gasteiger partial charge in [-0.05, 0) is 22.3 Å². The van der Waals surface area contributed by atoms with Crippen LogP contribution in [0.1, 0.15) is 24.0 Å². The monoisotopic (exact) mass is 446 g/mol. The molecule has 0 bridgehead atoms. The average Bonchev–Trinajstić information content (AvgIpc) is 3.04. The fourth-order valence-electron chi connectivity index (χ4n) is 3.25. The Bertz CT molecular complexity index is 892. The van der Waals surface area contributed by atoms with Crippen molar-refractivity contribution in [1.82, 2.24) is 10.6 Å². The van der Waals surface area contributed by atoms with E-state index in [1.54, 1.807) is 0 Å². The van der Waals surface area contributed by atoms with Crippen LogP contribution in [-0.2, 0) is 14.3 Å². The normalized spacial score (nSPS) is 13.1. The van der Waals surface area contributed by atoms with Crippen LogP contribution in [0.15, 0.2) is 48.5 Å². The fourth-order valence-corrected chi connectivity index (χ4v) is 5.17. The number of nitrogens with one attached hydrogen (secondary N) is 2. The summed E-state index contributed by atoms with van der Waals surface area (Å²) in [6.45, 7) is 1.53. The van der Waals surface area contributed by atoms with Crippen molar-refractivity contribution in [2.75, 3.05) is 18.2 Å². The van der Waals surface area contributed by atoms with Crippen LogP contribution in [0, 0.1) is 0 Å². The molecule has 30 heavy (non-hydrogen) atoms. The van der Waals surface area contributed by atoms with Crippen LogP contribution in [0.2, 0.25) is 0 Å². The average molecular weight is 447 g/mol. The Morgan fingerprint density at radius 1 is 1.03 bits per heavy atom. The molecule has 0 unspecified atom stereocenters. The van der Waals surface area contributed by atoms with E-state index in [1.165, 1.54) is 28.5 Å². The van der Waals surface area contributed by atoms with Gasteiger partial charge in [-0.2, -0.15) is 0 Å². The van der Waals surface area contributed by atoms with Crippen LogP contribution in [0.4, 0.5) is 4.79 Å². The van der Waals surface area contributed by atoms with Gasteiger partial charge in [0.1, 0.15) is 12.6 Å². The molecule has 9 heteroatoms. The van der Waals surface area contributed by atoms with Crippen molar-refractivity contribution in [3.63, 3.8) is 0 Å². The number of alkyl carbamates (subject to hydrolysis) is 1. The van der Waals surface area contributed by atoms with Crippen molar-refractivity contribution in [1.29, 1.82) is 0 Å². The first-order valence-electron chi connectivity index (χ1n) is 9.30. The molecule has 0 spiro atoms. The van der Waals surface area contributed by atoms with Crippen molar-refractivity contribution >= 4 is 39.6 Å². The van der Waals surface area contributed by atoms with Crippen LogP contribution in [0.3, 0.4) is 0 Å². The van der Waals surface area contributed by atoms with Crippen LogP contribution in [0.5, 0.6) is 0 Å². The summed E-state index contributed by atoms with van der Waals surface area (Å²) in [7, 11) is 2.55. The smallest absolute Gasteiger partial charge is 0.407 e. The van der Waals surface area contributed by atoms with Gasteiger partial charge in [-0.25, -0.2) is 9.59 Å².